The molecule has 0 aliphatic carbocycles. The predicted octanol–water partition coefficient (Wildman–Crippen LogP) is 3.18. The number of rotatable bonds is 4. The Morgan fingerprint density at radius 2 is 2.32 bits per heavy atom. The molecule has 0 fully saturated rings. The average Bonchev–Trinajstić information content (AvgIpc) is 3.26. The fraction of sp³-hybridized carbons (Fsp3) is 0.222. The number of anilines is 1. The Kier molecular flexibility index (Phi) is 3.93. The van der Waals surface area contributed by atoms with Crippen molar-refractivity contribution in [3.63, 3.8) is 0 Å². The van der Waals surface area contributed by atoms with Crippen LogP contribution in [0.25, 0.3) is 0 Å². The van der Waals surface area contributed by atoms with Crippen LogP contribution in [0.2, 0.25) is 0 Å². The zero-order valence-corrected chi connectivity index (χ0v) is 14.4. The third kappa shape index (κ3) is 2.87. The van der Waals surface area contributed by atoms with Crippen LogP contribution in [0, 0.1) is 0 Å². The first-order chi connectivity index (χ1) is 12.2. The molecule has 1 unspecified atom stereocenters. The van der Waals surface area contributed by atoms with Crippen molar-refractivity contribution >= 4 is 23.1 Å². The van der Waals surface area contributed by atoms with E-state index >= 15 is 0 Å². The molecule has 1 atom stereocenters. The highest BCUT2D eigenvalue weighted by atomic mass is 32.1. The zero-order chi connectivity index (χ0) is 17.4. The molecule has 1 amide bonds. The van der Waals surface area contributed by atoms with Gasteiger partial charge in [-0.15, -0.1) is 11.3 Å². The number of carbonyl (C=O) groups excluding carboxylic acids is 1. The van der Waals surface area contributed by atoms with Gasteiger partial charge in [0.25, 0.3) is 0 Å². The van der Waals surface area contributed by atoms with Gasteiger partial charge >= 0.3 is 0 Å². The zero-order valence-electron chi connectivity index (χ0n) is 13.6. The largest absolute Gasteiger partial charge is 0.504 e. The molecule has 25 heavy (non-hydrogen) atoms. The van der Waals surface area contributed by atoms with Crippen molar-refractivity contribution in [2.75, 3.05) is 12.4 Å². The molecular formula is C18H17N3O3S. The van der Waals surface area contributed by atoms with Crippen LogP contribution < -0.4 is 10.1 Å². The van der Waals surface area contributed by atoms with Gasteiger partial charge in [-0.05, 0) is 29.1 Å². The molecule has 2 N–H and O–H groups in total. The van der Waals surface area contributed by atoms with E-state index in [0.717, 1.165) is 16.9 Å². The number of aromatic nitrogens is 2. The first-order valence-corrected chi connectivity index (χ1v) is 8.78. The van der Waals surface area contributed by atoms with E-state index in [9.17, 15) is 9.90 Å². The monoisotopic (exact) mass is 355 g/mol. The van der Waals surface area contributed by atoms with Crippen molar-refractivity contribution in [1.29, 1.82) is 0 Å². The molecule has 6 nitrogen and oxygen atoms in total. The minimum Gasteiger partial charge on any atom is -0.504 e. The second-order valence-corrected chi connectivity index (χ2v) is 6.95. The molecule has 0 radical (unpaired) electrons. The lowest BCUT2D eigenvalue weighted by molar-refractivity contribution is -0.116. The quantitative estimate of drug-likeness (QED) is 0.754. The molecule has 0 saturated heterocycles. The summed E-state index contributed by atoms with van der Waals surface area (Å²) < 4.78 is 7.02. The number of ether oxygens (including phenoxy) is 1. The van der Waals surface area contributed by atoms with E-state index in [0.29, 0.717) is 18.7 Å². The number of nitrogens with zero attached hydrogens (tertiary/aromatic N) is 2. The summed E-state index contributed by atoms with van der Waals surface area (Å²) in [6.45, 7) is 0.624. The molecule has 2 aromatic heterocycles. The molecule has 1 aliphatic heterocycles. The Morgan fingerprint density at radius 3 is 3.08 bits per heavy atom. The number of hydrogen-bond acceptors (Lipinski definition) is 5. The molecule has 0 spiro atoms. The molecule has 3 heterocycles. The van der Waals surface area contributed by atoms with Crippen LogP contribution in [-0.4, -0.2) is 27.9 Å². The van der Waals surface area contributed by atoms with Crippen LogP contribution in [0.5, 0.6) is 11.5 Å². The highest BCUT2D eigenvalue weighted by Crippen LogP contribution is 2.40. The van der Waals surface area contributed by atoms with Crippen LogP contribution in [0.1, 0.15) is 28.3 Å². The summed E-state index contributed by atoms with van der Waals surface area (Å²) in [5.74, 6) is 1.06. The van der Waals surface area contributed by atoms with Crippen molar-refractivity contribution in [3.8, 4) is 11.5 Å². The Balaban J connectivity index is 1.73. The van der Waals surface area contributed by atoms with Gasteiger partial charge in [0.2, 0.25) is 5.91 Å². The van der Waals surface area contributed by atoms with E-state index in [1.807, 2.05) is 34.5 Å². The summed E-state index contributed by atoms with van der Waals surface area (Å²) in [5.41, 5.74) is 1.89. The maximum absolute atomic E-state index is 12.3. The Hall–Kier alpha value is -2.80. The van der Waals surface area contributed by atoms with E-state index in [1.165, 1.54) is 12.0 Å². The molecule has 3 aromatic rings. The summed E-state index contributed by atoms with van der Waals surface area (Å²) in [7, 11) is 1.51. The first kappa shape index (κ1) is 15.7. The number of phenols is 1. The Morgan fingerprint density at radius 1 is 1.44 bits per heavy atom. The fourth-order valence-corrected chi connectivity index (χ4v) is 3.83. The average molecular weight is 355 g/mol. The second kappa shape index (κ2) is 6.25. The molecular weight excluding hydrogens is 338 g/mol. The molecule has 1 aromatic carbocycles. The van der Waals surface area contributed by atoms with Gasteiger partial charge in [-0.1, -0.05) is 12.1 Å². The SMILES string of the molecule is COc1cc(C2CC(=O)Nc3c2cnn3Cc2cccs2)ccc1O. The van der Waals surface area contributed by atoms with Gasteiger partial charge in [0, 0.05) is 22.8 Å². The molecule has 4 rings (SSSR count). The maximum Gasteiger partial charge on any atom is 0.226 e. The number of hydrogen-bond donors (Lipinski definition) is 2. The number of phenolic OH excluding ortho intramolecular Hbond substituents is 1. The molecule has 0 saturated carbocycles. The minimum absolute atomic E-state index is 0.0440. The van der Waals surface area contributed by atoms with Crippen molar-refractivity contribution in [3.05, 3.63) is 57.9 Å². The third-order valence-corrected chi connectivity index (χ3v) is 5.24. The van der Waals surface area contributed by atoms with Crippen LogP contribution in [0.3, 0.4) is 0 Å². The van der Waals surface area contributed by atoms with Crippen molar-refractivity contribution in [2.45, 2.75) is 18.9 Å². The number of fused-ring (bicyclic) bond motifs is 1. The summed E-state index contributed by atoms with van der Waals surface area (Å²) in [6.07, 6.45) is 2.15. The number of carbonyl (C=O) groups is 1. The van der Waals surface area contributed by atoms with Crippen LogP contribution in [0.4, 0.5) is 5.82 Å². The van der Waals surface area contributed by atoms with E-state index < -0.39 is 0 Å². The summed E-state index contributed by atoms with van der Waals surface area (Å²) in [4.78, 5) is 13.4. The Bertz CT molecular complexity index is 918. The van der Waals surface area contributed by atoms with E-state index in [4.69, 9.17) is 4.74 Å². The van der Waals surface area contributed by atoms with Crippen molar-refractivity contribution in [1.82, 2.24) is 9.78 Å². The molecule has 0 bridgehead atoms. The van der Waals surface area contributed by atoms with Crippen molar-refractivity contribution in [2.24, 2.45) is 0 Å². The number of aromatic hydroxyl groups is 1. The van der Waals surface area contributed by atoms with Crippen LogP contribution in [-0.2, 0) is 11.3 Å². The van der Waals surface area contributed by atoms with Crippen LogP contribution in [0.15, 0.2) is 41.9 Å². The summed E-state index contributed by atoms with van der Waals surface area (Å²) in [6, 6.07) is 9.24. The fourth-order valence-electron chi connectivity index (χ4n) is 3.15. The minimum atomic E-state index is -0.115. The number of nitrogens with one attached hydrogen (secondary N) is 1. The van der Waals surface area contributed by atoms with Crippen molar-refractivity contribution < 1.29 is 14.6 Å². The summed E-state index contributed by atoms with van der Waals surface area (Å²) >= 11 is 1.66. The van der Waals surface area contributed by atoms with E-state index in [1.54, 1.807) is 23.5 Å². The van der Waals surface area contributed by atoms with Gasteiger partial charge in [-0.25, -0.2) is 4.68 Å². The van der Waals surface area contributed by atoms with E-state index in [2.05, 4.69) is 10.4 Å². The number of amides is 1. The predicted molar refractivity (Wildman–Crippen MR) is 95.4 cm³/mol. The van der Waals surface area contributed by atoms with Gasteiger partial charge in [0.05, 0.1) is 19.9 Å². The lowest BCUT2D eigenvalue weighted by Gasteiger charge is -2.24. The third-order valence-electron chi connectivity index (χ3n) is 4.38. The van der Waals surface area contributed by atoms with Gasteiger partial charge in [-0.2, -0.15) is 5.10 Å². The molecule has 7 heteroatoms. The maximum atomic E-state index is 12.3. The molecule has 1 aliphatic rings. The van der Waals surface area contributed by atoms with Gasteiger partial charge in [0.1, 0.15) is 5.82 Å². The highest BCUT2D eigenvalue weighted by molar-refractivity contribution is 7.09. The highest BCUT2D eigenvalue weighted by Gasteiger charge is 2.30. The first-order valence-electron chi connectivity index (χ1n) is 7.90. The van der Waals surface area contributed by atoms with Crippen LogP contribution >= 0.6 is 11.3 Å². The van der Waals surface area contributed by atoms with Gasteiger partial charge in [0.15, 0.2) is 11.5 Å². The number of methoxy groups -OCH3 is 1. The normalized spacial score (nSPS) is 16.4. The Labute approximate surface area is 148 Å². The van der Waals surface area contributed by atoms with Gasteiger partial charge < -0.3 is 15.2 Å². The topological polar surface area (TPSA) is 76.4 Å². The number of benzene rings is 1. The lowest BCUT2D eigenvalue weighted by atomic mass is 9.87. The number of thiophene rings is 1. The summed E-state index contributed by atoms with van der Waals surface area (Å²) in [5, 5.41) is 19.2. The van der Waals surface area contributed by atoms with Gasteiger partial charge in [-0.3, -0.25) is 4.79 Å². The van der Waals surface area contributed by atoms with E-state index in [-0.39, 0.29) is 17.6 Å². The molecule has 128 valence electrons. The standard InChI is InChI=1S/C18H17N3O3S/c1-24-16-7-11(4-5-15(16)22)13-8-17(23)20-18-14(13)9-19-21(18)10-12-3-2-6-25-12/h2-7,9,13,22H,8,10H2,1H3,(H,20,23). The lowest BCUT2D eigenvalue weighted by Crippen LogP contribution is -2.25. The smallest absolute Gasteiger partial charge is 0.226 e. The second-order valence-electron chi connectivity index (χ2n) is 5.92.